The Morgan fingerprint density at radius 2 is 2.21 bits per heavy atom. The number of benzene rings is 1. The van der Waals surface area contributed by atoms with Gasteiger partial charge in [0.05, 0.1) is 11.3 Å². The van der Waals surface area contributed by atoms with Crippen LogP contribution in [0.2, 0.25) is 0 Å². The first-order valence-electron chi connectivity index (χ1n) is 4.59. The van der Waals surface area contributed by atoms with Gasteiger partial charge in [0.1, 0.15) is 5.75 Å². The van der Waals surface area contributed by atoms with Crippen molar-refractivity contribution in [3.05, 3.63) is 28.6 Å². The van der Waals surface area contributed by atoms with Gasteiger partial charge in [-0.2, -0.15) is 0 Å². The van der Waals surface area contributed by atoms with E-state index in [2.05, 4.69) is 0 Å². The van der Waals surface area contributed by atoms with E-state index in [-0.39, 0.29) is 12.4 Å². The lowest BCUT2D eigenvalue weighted by molar-refractivity contribution is 0.275. The van der Waals surface area contributed by atoms with E-state index in [1.54, 1.807) is 0 Å². The summed E-state index contributed by atoms with van der Waals surface area (Å²) < 4.78 is 0.867. The Balaban J connectivity index is 2.79. The van der Waals surface area contributed by atoms with Gasteiger partial charge in [0.2, 0.25) is 0 Å². The molecule has 0 aliphatic carbocycles. The summed E-state index contributed by atoms with van der Waals surface area (Å²) >= 11 is 1.50. The highest BCUT2D eigenvalue weighted by molar-refractivity contribution is 7.17. The molecule has 1 aromatic heterocycles. The number of hydrogen-bond donors (Lipinski definition) is 2. The lowest BCUT2D eigenvalue weighted by Crippen LogP contribution is -1.92. The van der Waals surface area contributed by atoms with E-state index in [9.17, 15) is 10.2 Å². The second kappa shape index (κ2) is 3.59. The van der Waals surface area contributed by atoms with Crippen LogP contribution in [-0.2, 0) is 13.0 Å². The fraction of sp³-hybridized carbons (Fsp3) is 0.273. The number of rotatable bonds is 2. The molecule has 0 bridgehead atoms. The molecule has 0 atom stereocenters. The third kappa shape index (κ3) is 1.29. The quantitative estimate of drug-likeness (QED) is 0.796. The number of aliphatic hydroxyl groups is 1. The molecule has 0 unspecified atom stereocenters. The summed E-state index contributed by atoms with van der Waals surface area (Å²) in [6.45, 7) is 1.93. The maximum absolute atomic E-state index is 9.90. The molecule has 1 aromatic carbocycles. The number of aryl methyl sites for hydroxylation is 1. The highest BCUT2D eigenvalue weighted by atomic mass is 32.1. The molecule has 14 heavy (non-hydrogen) atoms. The monoisotopic (exact) mass is 208 g/mol. The summed E-state index contributed by atoms with van der Waals surface area (Å²) in [5, 5.41) is 22.1. The van der Waals surface area contributed by atoms with Crippen molar-refractivity contribution in [1.29, 1.82) is 0 Å². The summed E-state index contributed by atoms with van der Waals surface area (Å²) in [4.78, 5) is 0. The molecular formula is C11H12O2S. The lowest BCUT2D eigenvalue weighted by atomic mass is 10.0. The van der Waals surface area contributed by atoms with Crippen LogP contribution in [0.25, 0.3) is 10.1 Å². The van der Waals surface area contributed by atoms with Crippen LogP contribution in [0.5, 0.6) is 5.75 Å². The van der Waals surface area contributed by atoms with Gasteiger partial charge in [-0.1, -0.05) is 6.92 Å². The summed E-state index contributed by atoms with van der Waals surface area (Å²) in [7, 11) is 0. The second-order valence-corrected chi connectivity index (χ2v) is 4.13. The zero-order chi connectivity index (χ0) is 10.1. The van der Waals surface area contributed by atoms with Crippen molar-refractivity contribution in [1.82, 2.24) is 0 Å². The molecule has 0 aliphatic rings. The summed E-state index contributed by atoms with van der Waals surface area (Å²) in [6, 6.07) is 4.02. The highest BCUT2D eigenvalue weighted by Gasteiger charge is 2.11. The van der Waals surface area contributed by atoms with Gasteiger partial charge in [-0.15, -0.1) is 11.3 Å². The van der Waals surface area contributed by atoms with E-state index in [1.165, 1.54) is 11.3 Å². The molecule has 0 radical (unpaired) electrons. The Kier molecular flexibility index (Phi) is 2.44. The van der Waals surface area contributed by atoms with Crippen molar-refractivity contribution in [2.75, 3.05) is 0 Å². The normalized spacial score (nSPS) is 11.0. The maximum atomic E-state index is 9.90. The van der Waals surface area contributed by atoms with Crippen molar-refractivity contribution >= 4 is 21.4 Å². The van der Waals surface area contributed by atoms with Crippen molar-refractivity contribution in [2.24, 2.45) is 0 Å². The molecule has 0 aliphatic heterocycles. The molecular weight excluding hydrogens is 196 g/mol. The van der Waals surface area contributed by atoms with Crippen LogP contribution in [0.3, 0.4) is 0 Å². The molecule has 1 heterocycles. The number of thiophene rings is 1. The number of phenols is 1. The van der Waals surface area contributed by atoms with Gasteiger partial charge in [0.25, 0.3) is 0 Å². The van der Waals surface area contributed by atoms with Crippen LogP contribution >= 0.6 is 11.3 Å². The van der Waals surface area contributed by atoms with Gasteiger partial charge in [-0.05, 0) is 34.9 Å². The van der Waals surface area contributed by atoms with Crippen molar-refractivity contribution < 1.29 is 10.2 Å². The molecule has 74 valence electrons. The van der Waals surface area contributed by atoms with E-state index in [0.717, 1.165) is 22.1 Å². The third-order valence-electron chi connectivity index (χ3n) is 2.45. The first-order chi connectivity index (χ1) is 6.77. The van der Waals surface area contributed by atoms with Crippen LogP contribution in [0.15, 0.2) is 17.5 Å². The average molecular weight is 208 g/mol. The predicted molar refractivity (Wildman–Crippen MR) is 58.8 cm³/mol. The molecule has 0 saturated heterocycles. The lowest BCUT2D eigenvalue weighted by Gasteiger charge is -2.08. The van der Waals surface area contributed by atoms with Crippen LogP contribution in [0.1, 0.15) is 18.1 Å². The minimum atomic E-state index is -0.0944. The maximum Gasteiger partial charge on any atom is 0.139 e. The summed E-state index contributed by atoms with van der Waals surface area (Å²) in [6.07, 6.45) is 0.829. The fourth-order valence-corrected chi connectivity index (χ4v) is 2.53. The van der Waals surface area contributed by atoms with E-state index < -0.39 is 0 Å². The Bertz CT molecular complexity index is 460. The minimum Gasteiger partial charge on any atom is -0.506 e. The van der Waals surface area contributed by atoms with Gasteiger partial charge in [-0.25, -0.2) is 0 Å². The Labute approximate surface area is 86.4 Å². The van der Waals surface area contributed by atoms with Crippen LogP contribution in [-0.4, -0.2) is 10.2 Å². The van der Waals surface area contributed by atoms with Gasteiger partial charge in [0, 0.05) is 5.56 Å². The van der Waals surface area contributed by atoms with Crippen molar-refractivity contribution in [3.63, 3.8) is 0 Å². The van der Waals surface area contributed by atoms with Crippen molar-refractivity contribution in [2.45, 2.75) is 20.0 Å². The van der Waals surface area contributed by atoms with E-state index in [0.29, 0.717) is 5.56 Å². The average Bonchev–Trinajstić information content (AvgIpc) is 2.65. The van der Waals surface area contributed by atoms with Gasteiger partial charge < -0.3 is 10.2 Å². The van der Waals surface area contributed by atoms with Crippen molar-refractivity contribution in [3.8, 4) is 5.75 Å². The molecule has 0 fully saturated rings. The second-order valence-electron chi connectivity index (χ2n) is 3.21. The molecule has 2 rings (SSSR count). The first kappa shape index (κ1) is 9.49. The Morgan fingerprint density at radius 1 is 1.43 bits per heavy atom. The zero-order valence-corrected chi connectivity index (χ0v) is 8.77. The Hall–Kier alpha value is -1.06. The standard InChI is InChI=1S/C11H12O2S/c1-2-7-5-8-3-4-14-11(8)10(13)9(7)6-12/h3-5,12-13H,2,6H2,1H3. The fourth-order valence-electron chi connectivity index (χ4n) is 1.68. The van der Waals surface area contributed by atoms with E-state index in [1.807, 2.05) is 24.4 Å². The van der Waals surface area contributed by atoms with E-state index >= 15 is 0 Å². The molecule has 0 amide bonds. The van der Waals surface area contributed by atoms with Gasteiger partial charge in [-0.3, -0.25) is 0 Å². The molecule has 2 nitrogen and oxygen atoms in total. The smallest absolute Gasteiger partial charge is 0.139 e. The SMILES string of the molecule is CCc1cc2ccsc2c(O)c1CO. The number of aromatic hydroxyl groups is 1. The summed E-state index contributed by atoms with van der Waals surface area (Å²) in [5.74, 6) is 0.247. The number of fused-ring (bicyclic) bond motifs is 1. The van der Waals surface area contributed by atoms with Gasteiger partial charge in [0.15, 0.2) is 0 Å². The third-order valence-corrected chi connectivity index (χ3v) is 3.39. The van der Waals surface area contributed by atoms with Crippen LogP contribution in [0.4, 0.5) is 0 Å². The topological polar surface area (TPSA) is 40.5 Å². The Morgan fingerprint density at radius 3 is 2.86 bits per heavy atom. The molecule has 0 saturated carbocycles. The minimum absolute atomic E-state index is 0.0944. The van der Waals surface area contributed by atoms with E-state index in [4.69, 9.17) is 0 Å². The number of aliphatic hydroxyl groups excluding tert-OH is 1. The van der Waals surface area contributed by atoms with Crippen LogP contribution < -0.4 is 0 Å². The molecule has 2 aromatic rings. The first-order valence-corrected chi connectivity index (χ1v) is 5.47. The summed E-state index contributed by atoms with van der Waals surface area (Å²) in [5.41, 5.74) is 1.69. The van der Waals surface area contributed by atoms with Crippen LogP contribution in [0, 0.1) is 0 Å². The molecule has 0 spiro atoms. The zero-order valence-electron chi connectivity index (χ0n) is 7.95. The highest BCUT2D eigenvalue weighted by Crippen LogP contribution is 2.35. The molecule has 3 heteroatoms. The number of hydrogen-bond acceptors (Lipinski definition) is 3. The largest absolute Gasteiger partial charge is 0.506 e. The molecule has 2 N–H and O–H groups in total. The van der Waals surface area contributed by atoms with Gasteiger partial charge >= 0.3 is 0 Å². The predicted octanol–water partition coefficient (Wildman–Crippen LogP) is 2.66.